The number of hydrogen-bond donors (Lipinski definition) is 0. The third-order valence-corrected chi connectivity index (χ3v) is 6.80. The summed E-state index contributed by atoms with van der Waals surface area (Å²) in [6.45, 7) is 2.90. The lowest BCUT2D eigenvalue weighted by Crippen LogP contribution is -2.38. The van der Waals surface area contributed by atoms with Crippen LogP contribution < -0.4 is 0 Å². The first-order chi connectivity index (χ1) is 14.3. The second kappa shape index (κ2) is 8.44. The molecule has 1 aromatic carbocycles. The van der Waals surface area contributed by atoms with Crippen molar-refractivity contribution in [3.05, 3.63) is 86.3 Å². The molecule has 3 aromatic rings. The minimum Gasteiger partial charge on any atom is -0.337 e. The van der Waals surface area contributed by atoms with E-state index in [2.05, 4.69) is 11.1 Å². The van der Waals surface area contributed by atoms with E-state index in [1.807, 2.05) is 31.2 Å². The van der Waals surface area contributed by atoms with E-state index in [-0.39, 0.29) is 23.9 Å². The fourth-order valence-electron chi connectivity index (χ4n) is 3.95. The van der Waals surface area contributed by atoms with Crippen LogP contribution in [0.2, 0.25) is 4.34 Å². The van der Waals surface area contributed by atoms with Crippen molar-refractivity contribution in [1.82, 2.24) is 9.88 Å². The van der Waals surface area contributed by atoms with Gasteiger partial charge in [0.25, 0.3) is 5.92 Å². The molecule has 0 fully saturated rings. The number of pyridine rings is 1. The summed E-state index contributed by atoms with van der Waals surface area (Å²) in [4.78, 5) is 19.3. The molecule has 30 heavy (non-hydrogen) atoms. The molecule has 4 rings (SSSR count). The fourth-order valence-corrected chi connectivity index (χ4v) is 5.30. The molecule has 0 saturated carbocycles. The molecule has 0 N–H and O–H groups in total. The van der Waals surface area contributed by atoms with Gasteiger partial charge >= 0.3 is 0 Å². The van der Waals surface area contributed by atoms with Crippen molar-refractivity contribution < 1.29 is 13.6 Å². The van der Waals surface area contributed by atoms with Crippen molar-refractivity contribution in [2.45, 2.75) is 38.2 Å². The van der Waals surface area contributed by atoms with Crippen LogP contribution >= 0.6 is 22.9 Å². The first kappa shape index (κ1) is 20.9. The van der Waals surface area contributed by atoms with Gasteiger partial charge in [-0.05, 0) is 41.8 Å². The SMILES string of the molecule is Cc1ccccc1[C@@H]1CN(C(=O)CCC(F)(F)c2ccccn2)Cc2sc(Cl)cc21. The molecule has 0 bridgehead atoms. The second-order valence-corrected chi connectivity index (χ2v) is 9.30. The fraction of sp³-hybridized carbons (Fsp3) is 0.304. The minimum absolute atomic E-state index is 0.0149. The summed E-state index contributed by atoms with van der Waals surface area (Å²) >= 11 is 7.72. The predicted octanol–water partition coefficient (Wildman–Crippen LogP) is 6.15. The average Bonchev–Trinajstić information content (AvgIpc) is 3.12. The van der Waals surface area contributed by atoms with Crippen LogP contribution in [0.4, 0.5) is 8.78 Å². The number of carbonyl (C=O) groups is 1. The highest BCUT2D eigenvalue weighted by atomic mass is 35.5. The number of thiophene rings is 1. The monoisotopic (exact) mass is 446 g/mol. The van der Waals surface area contributed by atoms with Gasteiger partial charge in [0.2, 0.25) is 5.91 Å². The Bertz CT molecular complexity index is 1050. The molecule has 0 unspecified atom stereocenters. The van der Waals surface area contributed by atoms with E-state index in [4.69, 9.17) is 11.6 Å². The third kappa shape index (κ3) is 4.25. The van der Waals surface area contributed by atoms with Crippen LogP contribution in [0.15, 0.2) is 54.7 Å². The number of hydrogen-bond acceptors (Lipinski definition) is 3. The van der Waals surface area contributed by atoms with Gasteiger partial charge in [0.15, 0.2) is 0 Å². The van der Waals surface area contributed by atoms with E-state index in [9.17, 15) is 13.6 Å². The van der Waals surface area contributed by atoms with Gasteiger partial charge in [0.1, 0.15) is 5.69 Å². The number of halogens is 3. The largest absolute Gasteiger partial charge is 0.337 e. The summed E-state index contributed by atoms with van der Waals surface area (Å²) in [5.41, 5.74) is 3.08. The zero-order chi connectivity index (χ0) is 21.3. The number of aryl methyl sites for hydroxylation is 1. The molecule has 0 spiro atoms. The molecule has 1 aliphatic heterocycles. The highest BCUT2D eigenvalue weighted by Gasteiger charge is 2.36. The summed E-state index contributed by atoms with van der Waals surface area (Å²) in [6, 6.07) is 14.4. The zero-order valence-electron chi connectivity index (χ0n) is 16.4. The standard InChI is InChI=1S/C23H21ClF2N2OS/c1-15-6-2-3-7-16(15)18-13-28(14-19-17(18)12-21(24)30-19)22(29)9-10-23(25,26)20-8-4-5-11-27-20/h2-8,11-12,18H,9-10,13-14H2,1H3/t18-/m0/s1. The molecular formula is C23H21ClF2N2OS. The zero-order valence-corrected chi connectivity index (χ0v) is 18.0. The smallest absolute Gasteiger partial charge is 0.290 e. The maximum absolute atomic E-state index is 14.5. The molecule has 1 atom stereocenters. The Hall–Kier alpha value is -2.31. The van der Waals surface area contributed by atoms with Crippen LogP contribution in [0.3, 0.4) is 0 Å². The normalized spacial score (nSPS) is 16.4. The van der Waals surface area contributed by atoms with E-state index < -0.39 is 12.3 Å². The van der Waals surface area contributed by atoms with Gasteiger partial charge in [-0.15, -0.1) is 11.3 Å². The minimum atomic E-state index is -3.14. The van der Waals surface area contributed by atoms with E-state index >= 15 is 0 Å². The van der Waals surface area contributed by atoms with Gasteiger partial charge in [-0.2, -0.15) is 8.78 Å². The molecule has 3 nitrogen and oxygen atoms in total. The van der Waals surface area contributed by atoms with Crippen LogP contribution in [0.5, 0.6) is 0 Å². The highest BCUT2D eigenvalue weighted by molar-refractivity contribution is 7.16. The van der Waals surface area contributed by atoms with Crippen LogP contribution in [0.1, 0.15) is 46.0 Å². The van der Waals surface area contributed by atoms with Crippen LogP contribution in [-0.4, -0.2) is 22.3 Å². The average molecular weight is 447 g/mol. The Morgan fingerprint density at radius 2 is 2.00 bits per heavy atom. The van der Waals surface area contributed by atoms with Gasteiger partial charge < -0.3 is 4.90 Å². The molecule has 3 heterocycles. The number of nitrogens with zero attached hydrogens (tertiary/aromatic N) is 2. The Labute approximate surface area is 183 Å². The quantitative estimate of drug-likeness (QED) is 0.470. The summed E-state index contributed by atoms with van der Waals surface area (Å²) in [5, 5.41) is 0. The lowest BCUT2D eigenvalue weighted by molar-refractivity contribution is -0.134. The lowest BCUT2D eigenvalue weighted by Gasteiger charge is -2.34. The summed E-state index contributed by atoms with van der Waals surface area (Å²) < 4.78 is 29.6. The Balaban J connectivity index is 1.53. The Morgan fingerprint density at radius 3 is 2.73 bits per heavy atom. The van der Waals surface area contributed by atoms with Gasteiger partial charge in [-0.3, -0.25) is 9.78 Å². The van der Waals surface area contributed by atoms with Crippen molar-refractivity contribution >= 4 is 28.8 Å². The summed E-state index contributed by atoms with van der Waals surface area (Å²) in [6.07, 6.45) is 0.537. The van der Waals surface area contributed by atoms with E-state index in [1.165, 1.54) is 29.7 Å². The van der Waals surface area contributed by atoms with Crippen molar-refractivity contribution in [2.75, 3.05) is 6.54 Å². The van der Waals surface area contributed by atoms with Gasteiger partial charge in [0.05, 0.1) is 10.9 Å². The highest BCUT2D eigenvalue weighted by Crippen LogP contribution is 2.41. The number of amides is 1. The predicted molar refractivity (Wildman–Crippen MR) is 115 cm³/mol. The Kier molecular flexibility index (Phi) is 5.89. The van der Waals surface area contributed by atoms with Crippen LogP contribution in [0, 0.1) is 6.92 Å². The van der Waals surface area contributed by atoms with Crippen molar-refractivity contribution in [3.8, 4) is 0 Å². The number of benzene rings is 1. The number of rotatable bonds is 5. The topological polar surface area (TPSA) is 33.2 Å². The maximum Gasteiger partial charge on any atom is 0.290 e. The number of carbonyl (C=O) groups excluding carboxylic acids is 1. The third-order valence-electron chi connectivity index (χ3n) is 5.53. The van der Waals surface area contributed by atoms with Crippen LogP contribution in [0.25, 0.3) is 0 Å². The van der Waals surface area contributed by atoms with E-state index in [0.717, 1.165) is 21.6 Å². The molecule has 0 aliphatic carbocycles. The summed E-state index contributed by atoms with van der Waals surface area (Å²) in [7, 11) is 0. The number of aromatic nitrogens is 1. The van der Waals surface area contributed by atoms with Crippen molar-refractivity contribution in [2.24, 2.45) is 0 Å². The van der Waals surface area contributed by atoms with Crippen molar-refractivity contribution in [1.29, 1.82) is 0 Å². The lowest BCUT2D eigenvalue weighted by atomic mass is 9.86. The van der Waals surface area contributed by atoms with Gasteiger partial charge in [-0.1, -0.05) is 41.9 Å². The summed E-state index contributed by atoms with van der Waals surface area (Å²) in [5.74, 6) is -3.43. The molecule has 0 radical (unpaired) electrons. The first-order valence-electron chi connectivity index (χ1n) is 9.76. The second-order valence-electron chi connectivity index (χ2n) is 7.53. The molecule has 7 heteroatoms. The molecule has 0 saturated heterocycles. The maximum atomic E-state index is 14.5. The molecule has 156 valence electrons. The van der Waals surface area contributed by atoms with Crippen LogP contribution in [-0.2, 0) is 17.3 Å². The Morgan fingerprint density at radius 1 is 1.23 bits per heavy atom. The van der Waals surface area contributed by atoms with E-state index in [1.54, 1.807) is 11.0 Å². The van der Waals surface area contributed by atoms with Gasteiger partial charge in [-0.25, -0.2) is 0 Å². The molecule has 1 aliphatic rings. The first-order valence-corrected chi connectivity index (χ1v) is 11.0. The van der Waals surface area contributed by atoms with Crippen molar-refractivity contribution in [3.63, 3.8) is 0 Å². The molecule has 2 aromatic heterocycles. The molecule has 1 amide bonds. The number of alkyl halides is 2. The van der Waals surface area contributed by atoms with E-state index in [0.29, 0.717) is 17.4 Å². The van der Waals surface area contributed by atoms with Gasteiger partial charge in [0, 0.05) is 36.4 Å². The molecular weight excluding hydrogens is 426 g/mol. The number of fused-ring (bicyclic) bond motifs is 1.